The third kappa shape index (κ3) is 4.87. The number of anilines is 1. The fourth-order valence-corrected chi connectivity index (χ4v) is 5.26. The van der Waals surface area contributed by atoms with Crippen LogP contribution in [0.1, 0.15) is 32.1 Å². The normalized spacial score (nSPS) is 24.0. The third-order valence-corrected chi connectivity index (χ3v) is 7.26. The van der Waals surface area contributed by atoms with Crippen LogP contribution < -0.4 is 10.2 Å². The number of hydrogen-bond donors (Lipinski definition) is 1. The first-order valence-electron chi connectivity index (χ1n) is 11.7. The molecule has 9 nitrogen and oxygen atoms in total. The number of guanidine groups is 1. The molecule has 3 aliphatic heterocycles. The zero-order valence-electron chi connectivity index (χ0n) is 19.4. The minimum Gasteiger partial charge on any atom is -0.354 e. The second kappa shape index (κ2) is 9.56. The smallest absolute Gasteiger partial charge is 0.246 e. The van der Waals surface area contributed by atoms with Crippen LogP contribution in [0.5, 0.6) is 0 Å². The molecule has 1 aromatic rings. The largest absolute Gasteiger partial charge is 0.354 e. The van der Waals surface area contributed by atoms with Gasteiger partial charge in [-0.2, -0.15) is 5.10 Å². The van der Waals surface area contributed by atoms with E-state index in [1.807, 2.05) is 25.2 Å². The van der Waals surface area contributed by atoms with Crippen LogP contribution in [0.2, 0.25) is 0 Å². The summed E-state index contributed by atoms with van der Waals surface area (Å²) in [6.45, 7) is 7.32. The fourth-order valence-electron chi connectivity index (χ4n) is 5.26. The number of nitrogens with zero attached hydrogens (tertiary/aromatic N) is 7. The first kappa shape index (κ1) is 22.1. The minimum absolute atomic E-state index is 0.0900. The van der Waals surface area contributed by atoms with Gasteiger partial charge in [-0.1, -0.05) is 6.42 Å². The number of carbonyl (C=O) groups is 1. The minimum atomic E-state index is 0.0900. The summed E-state index contributed by atoms with van der Waals surface area (Å²) in [4.78, 5) is 26.5. The highest BCUT2D eigenvalue weighted by molar-refractivity contribution is 5.98. The van der Waals surface area contributed by atoms with Crippen LogP contribution in [0.4, 0.5) is 5.69 Å². The Hall–Kier alpha value is -2.13. The maximum Gasteiger partial charge on any atom is 0.246 e. The van der Waals surface area contributed by atoms with E-state index in [1.54, 1.807) is 10.9 Å². The summed E-state index contributed by atoms with van der Waals surface area (Å²) < 4.78 is 1.73. The number of carbonyl (C=O) groups excluding carboxylic acids is 1. The number of aryl methyl sites for hydroxylation is 1. The summed E-state index contributed by atoms with van der Waals surface area (Å²) in [5.41, 5.74) is 1.05. The number of amides is 1. The molecule has 9 heteroatoms. The Bertz CT molecular complexity index is 776. The lowest BCUT2D eigenvalue weighted by atomic mass is 9.84. The van der Waals surface area contributed by atoms with Crippen LogP contribution >= 0.6 is 0 Å². The van der Waals surface area contributed by atoms with E-state index < -0.39 is 0 Å². The Morgan fingerprint density at radius 2 is 1.84 bits per heavy atom. The second-order valence-corrected chi connectivity index (χ2v) is 9.32. The lowest BCUT2D eigenvalue weighted by molar-refractivity contribution is -0.120. The van der Waals surface area contributed by atoms with Crippen molar-refractivity contribution in [1.82, 2.24) is 29.8 Å². The lowest BCUT2D eigenvalue weighted by Crippen LogP contribution is -2.63. The molecule has 0 radical (unpaired) electrons. The Morgan fingerprint density at radius 1 is 1.10 bits per heavy atom. The molecular weight excluding hydrogens is 392 g/mol. The van der Waals surface area contributed by atoms with E-state index in [-0.39, 0.29) is 11.4 Å². The van der Waals surface area contributed by atoms with Crippen molar-refractivity contribution >= 4 is 17.6 Å². The predicted molar refractivity (Wildman–Crippen MR) is 123 cm³/mol. The van der Waals surface area contributed by atoms with E-state index in [0.717, 1.165) is 37.8 Å². The van der Waals surface area contributed by atoms with Crippen molar-refractivity contribution in [2.75, 3.05) is 71.4 Å². The molecule has 4 rings (SSSR count). The average Bonchev–Trinajstić information content (AvgIpc) is 3.22. The van der Waals surface area contributed by atoms with Gasteiger partial charge in [0.1, 0.15) is 6.54 Å². The van der Waals surface area contributed by atoms with Crippen molar-refractivity contribution < 1.29 is 4.79 Å². The standard InChI is InChI=1S/C22H38N8O/c1-23-21(28-13-14-30(20(31)17-28)19-15-25-27(3)16-19)24-18-22(7-11-26(2)12-8-22)29-9-5-4-6-10-29/h15-16H,4-14,17-18H2,1-3H3,(H,23,24). The maximum atomic E-state index is 12.8. The topological polar surface area (TPSA) is 72.2 Å². The quantitative estimate of drug-likeness (QED) is 0.557. The van der Waals surface area contributed by atoms with Crippen LogP contribution in [0, 0.1) is 0 Å². The molecule has 1 aromatic heterocycles. The van der Waals surface area contributed by atoms with Gasteiger partial charge in [0.2, 0.25) is 5.91 Å². The third-order valence-electron chi connectivity index (χ3n) is 7.26. The zero-order valence-corrected chi connectivity index (χ0v) is 19.4. The number of hydrogen-bond acceptors (Lipinski definition) is 5. The van der Waals surface area contributed by atoms with E-state index in [0.29, 0.717) is 13.1 Å². The molecule has 0 aliphatic carbocycles. The van der Waals surface area contributed by atoms with Crippen LogP contribution in [0.3, 0.4) is 0 Å². The van der Waals surface area contributed by atoms with Gasteiger partial charge in [0.15, 0.2) is 5.96 Å². The van der Waals surface area contributed by atoms with Crippen molar-refractivity contribution in [3.8, 4) is 0 Å². The number of aliphatic imine (C=N–C) groups is 1. The van der Waals surface area contributed by atoms with Gasteiger partial charge < -0.3 is 20.0 Å². The molecule has 0 aromatic carbocycles. The number of nitrogens with one attached hydrogen (secondary N) is 1. The zero-order chi connectivity index (χ0) is 21.8. The van der Waals surface area contributed by atoms with Crippen molar-refractivity contribution in [3.05, 3.63) is 12.4 Å². The van der Waals surface area contributed by atoms with Crippen LogP contribution in [0.25, 0.3) is 0 Å². The first-order chi connectivity index (χ1) is 15.0. The van der Waals surface area contributed by atoms with E-state index >= 15 is 0 Å². The highest BCUT2D eigenvalue weighted by atomic mass is 16.2. The number of likely N-dealkylation sites (tertiary alicyclic amines) is 2. The predicted octanol–water partition coefficient (Wildman–Crippen LogP) is 0.594. The van der Waals surface area contributed by atoms with Crippen LogP contribution in [-0.4, -0.2) is 108 Å². The Kier molecular flexibility index (Phi) is 6.81. The molecule has 31 heavy (non-hydrogen) atoms. The van der Waals surface area contributed by atoms with Crippen molar-refractivity contribution in [1.29, 1.82) is 0 Å². The van der Waals surface area contributed by atoms with Gasteiger partial charge in [0, 0.05) is 45.5 Å². The average molecular weight is 431 g/mol. The highest BCUT2D eigenvalue weighted by Crippen LogP contribution is 2.31. The summed E-state index contributed by atoms with van der Waals surface area (Å²) in [5, 5.41) is 7.87. The molecule has 0 saturated carbocycles. The van der Waals surface area contributed by atoms with Gasteiger partial charge in [-0.25, -0.2) is 0 Å². The molecule has 0 bridgehead atoms. The van der Waals surface area contributed by atoms with Gasteiger partial charge >= 0.3 is 0 Å². The number of piperazine rings is 1. The first-order valence-corrected chi connectivity index (χ1v) is 11.7. The van der Waals surface area contributed by atoms with Gasteiger partial charge in [0.25, 0.3) is 0 Å². The van der Waals surface area contributed by atoms with Crippen molar-refractivity contribution in [2.24, 2.45) is 12.0 Å². The number of aromatic nitrogens is 2. The molecule has 1 N–H and O–H groups in total. The van der Waals surface area contributed by atoms with Crippen molar-refractivity contribution in [2.45, 2.75) is 37.6 Å². The molecule has 3 fully saturated rings. The Morgan fingerprint density at radius 3 is 2.45 bits per heavy atom. The van der Waals surface area contributed by atoms with Gasteiger partial charge in [-0.3, -0.25) is 19.4 Å². The SMILES string of the molecule is CN=C(NCC1(N2CCCCC2)CCN(C)CC1)N1CCN(c2cnn(C)c2)C(=O)C1. The molecule has 172 valence electrons. The molecule has 3 saturated heterocycles. The van der Waals surface area contributed by atoms with E-state index in [2.05, 4.69) is 37.2 Å². The molecule has 0 atom stereocenters. The molecular formula is C22H38N8O. The summed E-state index contributed by atoms with van der Waals surface area (Å²) >= 11 is 0. The fraction of sp³-hybridized carbons (Fsp3) is 0.773. The second-order valence-electron chi connectivity index (χ2n) is 9.32. The highest BCUT2D eigenvalue weighted by Gasteiger charge is 2.40. The summed E-state index contributed by atoms with van der Waals surface area (Å²) in [6.07, 6.45) is 9.97. The van der Waals surface area contributed by atoms with Crippen LogP contribution in [-0.2, 0) is 11.8 Å². The summed E-state index contributed by atoms with van der Waals surface area (Å²) in [5.74, 6) is 0.932. The van der Waals surface area contributed by atoms with Gasteiger partial charge in [-0.15, -0.1) is 0 Å². The van der Waals surface area contributed by atoms with E-state index in [1.165, 1.54) is 45.2 Å². The summed E-state index contributed by atoms with van der Waals surface area (Å²) in [6, 6.07) is 0. The molecule has 3 aliphatic rings. The Balaban J connectivity index is 1.39. The van der Waals surface area contributed by atoms with Crippen molar-refractivity contribution in [3.63, 3.8) is 0 Å². The van der Waals surface area contributed by atoms with E-state index in [4.69, 9.17) is 0 Å². The van der Waals surface area contributed by atoms with E-state index in [9.17, 15) is 4.79 Å². The molecule has 0 unspecified atom stereocenters. The summed E-state index contributed by atoms with van der Waals surface area (Å²) in [7, 11) is 5.92. The Labute approximate surface area is 186 Å². The monoisotopic (exact) mass is 430 g/mol. The van der Waals surface area contributed by atoms with Gasteiger partial charge in [0.05, 0.1) is 11.9 Å². The van der Waals surface area contributed by atoms with Crippen LogP contribution in [0.15, 0.2) is 17.4 Å². The molecule has 1 amide bonds. The maximum absolute atomic E-state index is 12.8. The number of rotatable bonds is 4. The molecule has 0 spiro atoms. The number of piperidine rings is 2. The van der Waals surface area contributed by atoms with Gasteiger partial charge in [-0.05, 0) is 58.9 Å². The molecule has 4 heterocycles. The lowest BCUT2D eigenvalue weighted by Gasteiger charge is -2.50.